The minimum atomic E-state index is -3.64. The van der Waals surface area contributed by atoms with Gasteiger partial charge in [-0.05, 0) is 56.2 Å². The van der Waals surface area contributed by atoms with E-state index in [4.69, 9.17) is 4.74 Å². The van der Waals surface area contributed by atoms with Gasteiger partial charge in [0, 0.05) is 24.5 Å². The number of benzene rings is 2. The quantitative estimate of drug-likeness (QED) is 0.755. The summed E-state index contributed by atoms with van der Waals surface area (Å²) in [4.78, 5) is 12.8. The maximum atomic E-state index is 13.0. The van der Waals surface area contributed by atoms with Gasteiger partial charge in [0.25, 0.3) is 0 Å². The zero-order chi connectivity index (χ0) is 21.0. The molecule has 1 aliphatic rings. The van der Waals surface area contributed by atoms with Crippen LogP contribution >= 0.6 is 0 Å². The van der Waals surface area contributed by atoms with E-state index in [2.05, 4.69) is 10.6 Å². The molecule has 156 valence electrons. The van der Waals surface area contributed by atoms with Crippen molar-refractivity contribution in [2.75, 3.05) is 36.9 Å². The summed E-state index contributed by atoms with van der Waals surface area (Å²) in [6.07, 6.45) is 0. The smallest absolute Gasteiger partial charge is 0.246 e. The molecule has 0 aromatic heterocycles. The van der Waals surface area contributed by atoms with Gasteiger partial charge in [0.05, 0.1) is 18.1 Å². The maximum Gasteiger partial charge on any atom is 0.246 e. The number of hydrogen-bond acceptors (Lipinski definition) is 5. The van der Waals surface area contributed by atoms with E-state index in [1.807, 2.05) is 31.2 Å². The lowest BCUT2D eigenvalue weighted by atomic mass is 10.2. The summed E-state index contributed by atoms with van der Waals surface area (Å²) in [7, 11) is -3.64. The van der Waals surface area contributed by atoms with Crippen molar-refractivity contribution in [1.82, 2.24) is 4.31 Å². The Morgan fingerprint density at radius 3 is 2.48 bits per heavy atom. The summed E-state index contributed by atoms with van der Waals surface area (Å²) >= 11 is 0. The summed E-state index contributed by atoms with van der Waals surface area (Å²) < 4.78 is 32.7. The standard InChI is InChI=1S/C21H27N3O4S/c1-15-5-4-6-18(13-15)22-17(3)21(25)23-19-8-7-16(2)20(14-19)29(26,27)24-9-11-28-12-10-24/h4-8,13-14,17,22H,9-12H2,1-3H3,(H,23,25)/t17-/m0/s1. The molecule has 2 N–H and O–H groups in total. The predicted octanol–water partition coefficient (Wildman–Crippen LogP) is 2.76. The van der Waals surface area contributed by atoms with E-state index in [-0.39, 0.29) is 10.8 Å². The molecule has 1 amide bonds. The number of ether oxygens (including phenoxy) is 1. The topological polar surface area (TPSA) is 87.7 Å². The van der Waals surface area contributed by atoms with Crippen molar-refractivity contribution >= 4 is 27.3 Å². The molecule has 1 heterocycles. The summed E-state index contributed by atoms with van der Waals surface area (Å²) in [5.41, 5.74) is 3.04. The largest absolute Gasteiger partial charge is 0.379 e. The van der Waals surface area contributed by atoms with Crippen LogP contribution in [0.3, 0.4) is 0 Å². The summed E-state index contributed by atoms with van der Waals surface area (Å²) in [5.74, 6) is -0.245. The molecule has 0 aliphatic carbocycles. The number of hydrogen-bond donors (Lipinski definition) is 2. The van der Waals surface area contributed by atoms with E-state index >= 15 is 0 Å². The molecule has 1 aliphatic heterocycles. The third kappa shape index (κ3) is 5.14. The average Bonchev–Trinajstić information content (AvgIpc) is 2.70. The van der Waals surface area contributed by atoms with E-state index < -0.39 is 16.1 Å². The van der Waals surface area contributed by atoms with Crippen LogP contribution in [-0.4, -0.2) is 51.0 Å². The van der Waals surface area contributed by atoms with Crippen LogP contribution in [0, 0.1) is 13.8 Å². The lowest BCUT2D eigenvalue weighted by Gasteiger charge is -2.27. The van der Waals surface area contributed by atoms with Gasteiger partial charge in [-0.3, -0.25) is 4.79 Å². The van der Waals surface area contributed by atoms with Crippen LogP contribution in [0.25, 0.3) is 0 Å². The number of rotatable bonds is 6. The highest BCUT2D eigenvalue weighted by Crippen LogP contribution is 2.24. The molecular formula is C21H27N3O4S. The van der Waals surface area contributed by atoms with Gasteiger partial charge in [-0.25, -0.2) is 8.42 Å². The van der Waals surface area contributed by atoms with Crippen LogP contribution in [-0.2, 0) is 19.6 Å². The normalized spacial score (nSPS) is 16.2. The van der Waals surface area contributed by atoms with Gasteiger partial charge in [-0.2, -0.15) is 4.31 Å². The van der Waals surface area contributed by atoms with Crippen molar-refractivity contribution in [2.24, 2.45) is 0 Å². The molecule has 29 heavy (non-hydrogen) atoms. The van der Waals surface area contributed by atoms with Gasteiger partial charge in [-0.1, -0.05) is 18.2 Å². The third-order valence-electron chi connectivity index (χ3n) is 4.84. The van der Waals surface area contributed by atoms with Gasteiger partial charge < -0.3 is 15.4 Å². The molecule has 2 aromatic carbocycles. The first-order valence-corrected chi connectivity index (χ1v) is 11.0. The molecule has 0 radical (unpaired) electrons. The van der Waals surface area contributed by atoms with Crippen LogP contribution in [0.4, 0.5) is 11.4 Å². The fraction of sp³-hybridized carbons (Fsp3) is 0.381. The van der Waals surface area contributed by atoms with Gasteiger partial charge in [0.1, 0.15) is 6.04 Å². The molecule has 1 atom stereocenters. The fourth-order valence-electron chi connectivity index (χ4n) is 3.18. The van der Waals surface area contributed by atoms with Crippen LogP contribution in [0.1, 0.15) is 18.1 Å². The predicted molar refractivity (Wildman–Crippen MR) is 114 cm³/mol. The number of aryl methyl sites for hydroxylation is 2. The Labute approximate surface area is 172 Å². The number of nitrogens with zero attached hydrogens (tertiary/aromatic N) is 1. The van der Waals surface area contributed by atoms with Gasteiger partial charge in [-0.15, -0.1) is 0 Å². The number of morpholine rings is 1. The molecule has 0 spiro atoms. The zero-order valence-electron chi connectivity index (χ0n) is 16.9. The number of anilines is 2. The van der Waals surface area contributed by atoms with Crippen molar-refractivity contribution in [3.05, 3.63) is 53.6 Å². The highest BCUT2D eigenvalue weighted by Gasteiger charge is 2.28. The number of carbonyl (C=O) groups excluding carboxylic acids is 1. The van der Waals surface area contributed by atoms with Crippen molar-refractivity contribution in [2.45, 2.75) is 31.7 Å². The Balaban J connectivity index is 1.74. The first kappa shape index (κ1) is 21.3. The molecule has 7 nitrogen and oxygen atoms in total. The first-order chi connectivity index (χ1) is 13.8. The minimum absolute atomic E-state index is 0.205. The van der Waals surface area contributed by atoms with Crippen molar-refractivity contribution in [3.63, 3.8) is 0 Å². The van der Waals surface area contributed by atoms with Gasteiger partial charge in [0.2, 0.25) is 15.9 Å². The number of nitrogens with one attached hydrogen (secondary N) is 2. The highest BCUT2D eigenvalue weighted by atomic mass is 32.2. The van der Waals surface area contributed by atoms with Crippen LogP contribution in [0.15, 0.2) is 47.4 Å². The Hall–Kier alpha value is -2.42. The monoisotopic (exact) mass is 417 g/mol. The number of carbonyl (C=O) groups is 1. The van der Waals surface area contributed by atoms with Gasteiger partial charge in [0.15, 0.2) is 0 Å². The number of amides is 1. The van der Waals surface area contributed by atoms with Crippen LogP contribution in [0.5, 0.6) is 0 Å². The molecule has 0 bridgehead atoms. The number of sulfonamides is 1. The SMILES string of the molecule is Cc1cccc(N[C@@H](C)C(=O)Nc2ccc(C)c(S(=O)(=O)N3CCOCC3)c2)c1. The molecule has 1 fully saturated rings. The van der Waals surface area contributed by atoms with Gasteiger partial charge >= 0.3 is 0 Å². The maximum absolute atomic E-state index is 13.0. The highest BCUT2D eigenvalue weighted by molar-refractivity contribution is 7.89. The Bertz CT molecular complexity index is 985. The second kappa shape index (κ2) is 8.94. The molecule has 8 heteroatoms. The lowest BCUT2D eigenvalue weighted by Crippen LogP contribution is -2.40. The van der Waals surface area contributed by atoms with E-state index in [1.54, 1.807) is 26.0 Å². The minimum Gasteiger partial charge on any atom is -0.379 e. The molecule has 3 rings (SSSR count). The van der Waals surface area contributed by atoms with Crippen molar-refractivity contribution in [1.29, 1.82) is 0 Å². The van der Waals surface area contributed by atoms with Crippen LogP contribution in [0.2, 0.25) is 0 Å². The molecule has 1 saturated heterocycles. The van der Waals surface area contributed by atoms with Crippen molar-refractivity contribution < 1.29 is 17.9 Å². The Morgan fingerprint density at radius 1 is 1.07 bits per heavy atom. The molecule has 0 unspecified atom stereocenters. The third-order valence-corrected chi connectivity index (χ3v) is 6.88. The van der Waals surface area contributed by atoms with E-state index in [0.717, 1.165) is 11.3 Å². The van der Waals surface area contributed by atoms with E-state index in [0.29, 0.717) is 37.6 Å². The van der Waals surface area contributed by atoms with E-state index in [9.17, 15) is 13.2 Å². The summed E-state index contributed by atoms with van der Waals surface area (Å²) in [6, 6.07) is 12.2. The zero-order valence-corrected chi connectivity index (χ0v) is 17.8. The molecule has 2 aromatic rings. The van der Waals surface area contributed by atoms with Crippen LogP contribution < -0.4 is 10.6 Å². The summed E-state index contributed by atoms with van der Waals surface area (Å²) in [5, 5.41) is 5.97. The lowest BCUT2D eigenvalue weighted by molar-refractivity contribution is -0.116. The average molecular weight is 418 g/mol. The Kier molecular flexibility index (Phi) is 6.56. The fourth-order valence-corrected chi connectivity index (χ4v) is 4.84. The summed E-state index contributed by atoms with van der Waals surface area (Å²) in [6.45, 7) is 6.93. The van der Waals surface area contributed by atoms with E-state index in [1.165, 1.54) is 10.4 Å². The molecular weight excluding hydrogens is 390 g/mol. The second-order valence-corrected chi connectivity index (χ2v) is 9.13. The van der Waals surface area contributed by atoms with Crippen molar-refractivity contribution in [3.8, 4) is 0 Å². The molecule has 0 saturated carbocycles. The first-order valence-electron chi connectivity index (χ1n) is 9.60. The Morgan fingerprint density at radius 2 is 1.79 bits per heavy atom. The second-order valence-electron chi connectivity index (χ2n) is 7.22.